The molecule has 0 aromatic heterocycles. The summed E-state index contributed by atoms with van der Waals surface area (Å²) in [6.45, 7) is 5.53. The number of hydrogen-bond donors (Lipinski definition) is 1. The van der Waals surface area contributed by atoms with Crippen LogP contribution in [0.5, 0.6) is 0 Å². The lowest BCUT2D eigenvalue weighted by Gasteiger charge is -2.03. The van der Waals surface area contributed by atoms with Crippen LogP contribution in [0.1, 0.15) is 26.3 Å². The van der Waals surface area contributed by atoms with Crippen molar-refractivity contribution >= 4 is 32.4 Å². The third-order valence-corrected chi connectivity index (χ3v) is 4.45. The summed E-state index contributed by atoms with van der Waals surface area (Å²) in [5.41, 5.74) is 1.20. The first-order chi connectivity index (χ1) is 8.81. The summed E-state index contributed by atoms with van der Waals surface area (Å²) in [5, 5.41) is 0.502. The minimum atomic E-state index is -3.56. The van der Waals surface area contributed by atoms with Crippen LogP contribution in [-0.4, -0.2) is 20.3 Å². The van der Waals surface area contributed by atoms with Crippen molar-refractivity contribution in [3.05, 3.63) is 40.4 Å². The van der Waals surface area contributed by atoms with E-state index in [2.05, 4.69) is 9.71 Å². The second kappa shape index (κ2) is 4.98. The zero-order valence-corrected chi connectivity index (χ0v) is 12.5. The summed E-state index contributed by atoms with van der Waals surface area (Å²) >= 11 is 5.92. The monoisotopic (exact) mass is 298 g/mol. The zero-order chi connectivity index (χ0) is 14.2. The molecule has 6 heteroatoms. The second-order valence-corrected chi connectivity index (χ2v) is 6.70. The lowest BCUT2D eigenvalue weighted by atomic mass is 10.1. The number of nitrogens with one attached hydrogen (secondary N) is 1. The summed E-state index contributed by atoms with van der Waals surface area (Å²) in [5.74, 6) is 0.407. The standard InChI is InChI=1S/C13H15ClN2O2S/c1-8(2)15-13-9(3)12(19(17,18)16-13)10-5-4-6-11(14)7-10/h4-8H,1-3H3,(H,15,16). The van der Waals surface area contributed by atoms with Gasteiger partial charge in [0.2, 0.25) is 0 Å². The molecular formula is C13H15ClN2O2S. The second-order valence-electron chi connectivity index (χ2n) is 4.64. The molecule has 0 fully saturated rings. The van der Waals surface area contributed by atoms with Crippen LogP contribution in [0.15, 0.2) is 34.8 Å². The van der Waals surface area contributed by atoms with Gasteiger partial charge in [-0.3, -0.25) is 9.71 Å². The molecule has 4 nitrogen and oxygen atoms in total. The molecule has 0 spiro atoms. The third-order valence-electron chi connectivity index (χ3n) is 2.67. The predicted molar refractivity (Wildman–Crippen MR) is 78.7 cm³/mol. The first-order valence-electron chi connectivity index (χ1n) is 5.89. The minimum Gasteiger partial charge on any atom is -0.265 e. The SMILES string of the molecule is CC1=C(c2cccc(Cl)c2)S(=O)(=O)NC1=NC(C)C. The van der Waals surface area contributed by atoms with Crippen molar-refractivity contribution in [1.29, 1.82) is 0 Å². The minimum absolute atomic E-state index is 0.0198. The molecule has 19 heavy (non-hydrogen) atoms. The number of aliphatic imine (C=N–C) groups is 1. The van der Waals surface area contributed by atoms with Crippen molar-refractivity contribution in [1.82, 2.24) is 4.72 Å². The quantitative estimate of drug-likeness (QED) is 0.912. The number of sulfonamides is 1. The first kappa shape index (κ1) is 14.1. The normalized spacial score (nSPS) is 20.2. The van der Waals surface area contributed by atoms with Gasteiger partial charge in [0.05, 0.1) is 0 Å². The molecule has 0 saturated heterocycles. The van der Waals surface area contributed by atoms with Crippen LogP contribution in [0.3, 0.4) is 0 Å². The highest BCUT2D eigenvalue weighted by Crippen LogP contribution is 2.31. The Bertz CT molecular complexity index is 676. The third kappa shape index (κ3) is 2.82. The molecule has 1 aliphatic heterocycles. The molecule has 2 rings (SSSR count). The van der Waals surface area contributed by atoms with Crippen LogP contribution in [-0.2, 0) is 10.0 Å². The fourth-order valence-corrected chi connectivity index (χ4v) is 3.64. The van der Waals surface area contributed by atoms with Crippen molar-refractivity contribution in [2.24, 2.45) is 4.99 Å². The largest absolute Gasteiger partial charge is 0.265 e. The van der Waals surface area contributed by atoms with Gasteiger partial charge >= 0.3 is 0 Å². The molecule has 0 amide bonds. The maximum atomic E-state index is 12.2. The number of nitrogens with zero attached hydrogens (tertiary/aromatic N) is 1. The summed E-state index contributed by atoms with van der Waals surface area (Å²) < 4.78 is 26.9. The van der Waals surface area contributed by atoms with Crippen molar-refractivity contribution in [2.45, 2.75) is 26.8 Å². The van der Waals surface area contributed by atoms with Crippen molar-refractivity contribution in [3.8, 4) is 0 Å². The van der Waals surface area contributed by atoms with E-state index in [1.807, 2.05) is 13.8 Å². The zero-order valence-electron chi connectivity index (χ0n) is 10.9. The van der Waals surface area contributed by atoms with E-state index < -0.39 is 10.0 Å². The number of amidine groups is 1. The van der Waals surface area contributed by atoms with Crippen LogP contribution in [0.4, 0.5) is 0 Å². The van der Waals surface area contributed by atoms with Crippen molar-refractivity contribution in [3.63, 3.8) is 0 Å². The van der Waals surface area contributed by atoms with Gasteiger partial charge in [-0.15, -0.1) is 0 Å². The van der Waals surface area contributed by atoms with E-state index in [0.29, 0.717) is 22.0 Å². The van der Waals surface area contributed by atoms with E-state index in [-0.39, 0.29) is 10.9 Å². The molecule has 102 valence electrons. The van der Waals surface area contributed by atoms with E-state index >= 15 is 0 Å². The molecule has 0 atom stereocenters. The summed E-state index contributed by atoms with van der Waals surface area (Å²) in [7, 11) is -3.56. The maximum absolute atomic E-state index is 12.2. The average Bonchev–Trinajstić information content (AvgIpc) is 2.47. The highest BCUT2D eigenvalue weighted by atomic mass is 35.5. The van der Waals surface area contributed by atoms with Gasteiger partial charge in [-0.05, 0) is 38.5 Å². The average molecular weight is 299 g/mol. The Balaban J connectivity index is 2.62. The lowest BCUT2D eigenvalue weighted by Crippen LogP contribution is -2.24. The Labute approximate surface area is 118 Å². The summed E-state index contributed by atoms with van der Waals surface area (Å²) in [4.78, 5) is 4.53. The molecule has 1 aromatic rings. The van der Waals surface area contributed by atoms with Gasteiger partial charge in [-0.25, -0.2) is 8.42 Å². The lowest BCUT2D eigenvalue weighted by molar-refractivity contribution is 0.603. The van der Waals surface area contributed by atoms with Gasteiger partial charge in [-0.1, -0.05) is 23.7 Å². The molecule has 1 aromatic carbocycles. The van der Waals surface area contributed by atoms with E-state index in [4.69, 9.17) is 11.6 Å². The van der Waals surface area contributed by atoms with Gasteiger partial charge < -0.3 is 0 Å². The van der Waals surface area contributed by atoms with Crippen LogP contribution in [0.25, 0.3) is 4.91 Å². The highest BCUT2D eigenvalue weighted by Gasteiger charge is 2.32. The van der Waals surface area contributed by atoms with E-state index in [1.54, 1.807) is 31.2 Å². The van der Waals surface area contributed by atoms with Crippen LogP contribution < -0.4 is 4.72 Å². The first-order valence-corrected chi connectivity index (χ1v) is 7.75. The summed E-state index contributed by atoms with van der Waals surface area (Å²) in [6.07, 6.45) is 0. The van der Waals surface area contributed by atoms with Crippen molar-refractivity contribution in [2.75, 3.05) is 0 Å². The van der Waals surface area contributed by atoms with Gasteiger partial charge in [0.15, 0.2) is 0 Å². The summed E-state index contributed by atoms with van der Waals surface area (Å²) in [6, 6.07) is 6.82. The Morgan fingerprint density at radius 2 is 2.00 bits per heavy atom. The predicted octanol–water partition coefficient (Wildman–Crippen LogP) is 2.81. The number of halogens is 1. The molecule has 0 radical (unpaired) electrons. The molecule has 0 saturated carbocycles. The smallest absolute Gasteiger partial charge is 0.264 e. The van der Waals surface area contributed by atoms with E-state index in [9.17, 15) is 8.42 Å². The van der Waals surface area contributed by atoms with E-state index in [0.717, 1.165) is 0 Å². The van der Waals surface area contributed by atoms with Crippen LogP contribution in [0, 0.1) is 0 Å². The van der Waals surface area contributed by atoms with Crippen LogP contribution in [0.2, 0.25) is 5.02 Å². The highest BCUT2D eigenvalue weighted by molar-refractivity contribution is 8.00. The molecule has 0 unspecified atom stereocenters. The maximum Gasteiger partial charge on any atom is 0.264 e. The fraction of sp³-hybridized carbons (Fsp3) is 0.308. The number of benzene rings is 1. The Kier molecular flexibility index (Phi) is 3.69. The Morgan fingerprint density at radius 1 is 1.32 bits per heavy atom. The molecule has 0 aliphatic carbocycles. The topological polar surface area (TPSA) is 58.5 Å². The van der Waals surface area contributed by atoms with Gasteiger partial charge in [0, 0.05) is 16.6 Å². The Morgan fingerprint density at radius 3 is 2.58 bits per heavy atom. The van der Waals surface area contributed by atoms with E-state index in [1.165, 1.54) is 0 Å². The molecule has 1 N–H and O–H groups in total. The Hall–Kier alpha value is -1.33. The molecule has 1 heterocycles. The molecular weight excluding hydrogens is 284 g/mol. The molecule has 1 aliphatic rings. The van der Waals surface area contributed by atoms with Gasteiger partial charge in [0.1, 0.15) is 10.7 Å². The number of hydrogen-bond acceptors (Lipinski definition) is 3. The number of rotatable bonds is 2. The van der Waals surface area contributed by atoms with Gasteiger partial charge in [0.25, 0.3) is 10.0 Å². The van der Waals surface area contributed by atoms with Gasteiger partial charge in [-0.2, -0.15) is 0 Å². The molecule has 0 bridgehead atoms. The van der Waals surface area contributed by atoms with Crippen LogP contribution >= 0.6 is 11.6 Å². The fourth-order valence-electron chi connectivity index (χ4n) is 1.95. The van der Waals surface area contributed by atoms with Crippen molar-refractivity contribution < 1.29 is 8.42 Å².